The third kappa shape index (κ3) is 3.63. The summed E-state index contributed by atoms with van der Waals surface area (Å²) >= 11 is 0. The van der Waals surface area contributed by atoms with Crippen molar-refractivity contribution in [2.45, 2.75) is 12.7 Å². The summed E-state index contributed by atoms with van der Waals surface area (Å²) in [6.07, 6.45) is 0.297. The average molecular weight is 208 g/mol. The predicted molar refractivity (Wildman–Crippen MR) is 56.7 cm³/mol. The van der Waals surface area contributed by atoms with E-state index in [1.807, 2.05) is 18.2 Å². The molecule has 0 bridgehead atoms. The van der Waals surface area contributed by atoms with Gasteiger partial charge in [0.1, 0.15) is 6.10 Å². The smallest absolute Gasteiger partial charge is 0.104 e. The second-order valence-electron chi connectivity index (χ2n) is 3.57. The Labute approximate surface area is 90.0 Å². The van der Waals surface area contributed by atoms with Gasteiger partial charge < -0.3 is 14.2 Å². The fourth-order valence-electron chi connectivity index (χ4n) is 1.35. The molecule has 0 atom stereocenters. The summed E-state index contributed by atoms with van der Waals surface area (Å²) in [5, 5.41) is 0. The summed E-state index contributed by atoms with van der Waals surface area (Å²) in [4.78, 5) is 0. The Kier molecular flexibility index (Phi) is 4.14. The van der Waals surface area contributed by atoms with Crippen molar-refractivity contribution in [2.75, 3.05) is 26.4 Å². The van der Waals surface area contributed by atoms with Gasteiger partial charge in [0.2, 0.25) is 0 Å². The van der Waals surface area contributed by atoms with Crippen molar-refractivity contribution in [1.82, 2.24) is 0 Å². The van der Waals surface area contributed by atoms with Gasteiger partial charge in [-0.15, -0.1) is 0 Å². The number of benzene rings is 1. The highest BCUT2D eigenvalue weighted by Gasteiger charge is 2.17. The van der Waals surface area contributed by atoms with Gasteiger partial charge in [-0.25, -0.2) is 0 Å². The van der Waals surface area contributed by atoms with Gasteiger partial charge in [-0.1, -0.05) is 30.3 Å². The first-order valence-corrected chi connectivity index (χ1v) is 5.26. The van der Waals surface area contributed by atoms with Crippen LogP contribution in [0.25, 0.3) is 0 Å². The van der Waals surface area contributed by atoms with Crippen molar-refractivity contribution in [3.63, 3.8) is 0 Å². The van der Waals surface area contributed by atoms with Crippen LogP contribution in [0.1, 0.15) is 5.56 Å². The van der Waals surface area contributed by atoms with Crippen molar-refractivity contribution >= 4 is 0 Å². The van der Waals surface area contributed by atoms with Crippen LogP contribution in [-0.2, 0) is 20.8 Å². The zero-order valence-electron chi connectivity index (χ0n) is 8.72. The summed E-state index contributed by atoms with van der Waals surface area (Å²) in [7, 11) is 0. The van der Waals surface area contributed by atoms with Crippen molar-refractivity contribution in [3.8, 4) is 0 Å². The number of ether oxygens (including phenoxy) is 3. The van der Waals surface area contributed by atoms with Crippen LogP contribution in [0.2, 0.25) is 0 Å². The van der Waals surface area contributed by atoms with Gasteiger partial charge in [-0.2, -0.15) is 0 Å². The SMILES string of the molecule is c1ccc(COCCOC2COC2)cc1. The third-order valence-electron chi connectivity index (χ3n) is 2.30. The van der Waals surface area contributed by atoms with Crippen LogP contribution in [0.3, 0.4) is 0 Å². The lowest BCUT2D eigenvalue weighted by Crippen LogP contribution is -2.36. The molecule has 1 saturated heterocycles. The molecule has 2 rings (SSSR count). The quantitative estimate of drug-likeness (QED) is 0.665. The lowest BCUT2D eigenvalue weighted by atomic mass is 10.2. The molecule has 0 aliphatic carbocycles. The molecule has 3 heteroatoms. The van der Waals surface area contributed by atoms with Crippen LogP contribution in [0, 0.1) is 0 Å². The second-order valence-corrected chi connectivity index (χ2v) is 3.57. The minimum atomic E-state index is 0.297. The van der Waals surface area contributed by atoms with E-state index in [0.717, 1.165) is 13.2 Å². The van der Waals surface area contributed by atoms with Crippen molar-refractivity contribution in [1.29, 1.82) is 0 Å². The second kappa shape index (κ2) is 5.85. The Bertz CT molecular complexity index is 269. The standard InChI is InChI=1S/C12H16O3/c1-2-4-11(5-3-1)8-13-6-7-15-12-9-14-10-12/h1-5,12H,6-10H2. The van der Waals surface area contributed by atoms with E-state index in [1.165, 1.54) is 5.56 Å². The van der Waals surface area contributed by atoms with Gasteiger partial charge in [-0.05, 0) is 5.56 Å². The van der Waals surface area contributed by atoms with Crippen LogP contribution < -0.4 is 0 Å². The van der Waals surface area contributed by atoms with Gasteiger partial charge in [-0.3, -0.25) is 0 Å². The molecule has 0 aromatic heterocycles. The first-order chi connectivity index (χ1) is 7.45. The fourth-order valence-corrected chi connectivity index (χ4v) is 1.35. The Morgan fingerprint density at radius 1 is 1.13 bits per heavy atom. The summed E-state index contributed by atoms with van der Waals surface area (Å²) in [6, 6.07) is 10.1. The van der Waals surface area contributed by atoms with E-state index in [4.69, 9.17) is 14.2 Å². The molecule has 0 amide bonds. The Morgan fingerprint density at radius 3 is 2.60 bits per heavy atom. The molecule has 0 spiro atoms. The van der Waals surface area contributed by atoms with Gasteiger partial charge in [0, 0.05) is 0 Å². The molecule has 3 nitrogen and oxygen atoms in total. The summed E-state index contributed by atoms with van der Waals surface area (Å²) in [5.41, 5.74) is 1.20. The number of hydrogen-bond donors (Lipinski definition) is 0. The maximum atomic E-state index is 5.47. The molecule has 1 aliphatic heterocycles. The van der Waals surface area contributed by atoms with E-state index < -0.39 is 0 Å². The van der Waals surface area contributed by atoms with Crippen molar-refractivity contribution in [3.05, 3.63) is 35.9 Å². The highest BCUT2D eigenvalue weighted by molar-refractivity contribution is 5.13. The maximum absolute atomic E-state index is 5.47. The highest BCUT2D eigenvalue weighted by Crippen LogP contribution is 2.05. The van der Waals surface area contributed by atoms with Gasteiger partial charge >= 0.3 is 0 Å². The molecule has 15 heavy (non-hydrogen) atoms. The lowest BCUT2D eigenvalue weighted by Gasteiger charge is -2.25. The Morgan fingerprint density at radius 2 is 1.93 bits per heavy atom. The largest absolute Gasteiger partial charge is 0.376 e. The molecule has 0 N–H and O–H groups in total. The lowest BCUT2D eigenvalue weighted by molar-refractivity contribution is -0.137. The molecule has 0 saturated carbocycles. The molecular weight excluding hydrogens is 192 g/mol. The monoisotopic (exact) mass is 208 g/mol. The minimum Gasteiger partial charge on any atom is -0.376 e. The van der Waals surface area contributed by atoms with Crippen LogP contribution in [0.4, 0.5) is 0 Å². The highest BCUT2D eigenvalue weighted by atomic mass is 16.6. The van der Waals surface area contributed by atoms with E-state index in [2.05, 4.69) is 12.1 Å². The van der Waals surface area contributed by atoms with E-state index in [0.29, 0.717) is 25.9 Å². The molecule has 1 heterocycles. The van der Waals surface area contributed by atoms with Crippen LogP contribution >= 0.6 is 0 Å². The van der Waals surface area contributed by atoms with Crippen LogP contribution in [0.5, 0.6) is 0 Å². The van der Waals surface area contributed by atoms with Gasteiger partial charge in [0.15, 0.2) is 0 Å². The maximum Gasteiger partial charge on any atom is 0.104 e. The number of hydrogen-bond acceptors (Lipinski definition) is 3. The van der Waals surface area contributed by atoms with Crippen LogP contribution in [-0.4, -0.2) is 32.5 Å². The summed E-state index contributed by atoms with van der Waals surface area (Å²) in [5.74, 6) is 0. The fraction of sp³-hybridized carbons (Fsp3) is 0.500. The predicted octanol–water partition coefficient (Wildman–Crippen LogP) is 1.62. The topological polar surface area (TPSA) is 27.7 Å². The van der Waals surface area contributed by atoms with Crippen molar-refractivity contribution < 1.29 is 14.2 Å². The van der Waals surface area contributed by atoms with Crippen molar-refractivity contribution in [2.24, 2.45) is 0 Å². The van der Waals surface area contributed by atoms with E-state index in [9.17, 15) is 0 Å². The van der Waals surface area contributed by atoms with E-state index in [1.54, 1.807) is 0 Å². The zero-order chi connectivity index (χ0) is 10.3. The van der Waals surface area contributed by atoms with E-state index >= 15 is 0 Å². The Hall–Kier alpha value is -0.900. The molecule has 0 radical (unpaired) electrons. The number of rotatable bonds is 6. The molecule has 1 aliphatic rings. The summed E-state index contributed by atoms with van der Waals surface area (Å²) in [6.45, 7) is 3.43. The van der Waals surface area contributed by atoms with Gasteiger partial charge in [0.25, 0.3) is 0 Å². The van der Waals surface area contributed by atoms with Crippen LogP contribution in [0.15, 0.2) is 30.3 Å². The van der Waals surface area contributed by atoms with E-state index in [-0.39, 0.29) is 0 Å². The third-order valence-corrected chi connectivity index (χ3v) is 2.30. The first-order valence-electron chi connectivity index (χ1n) is 5.26. The first kappa shape index (κ1) is 10.6. The van der Waals surface area contributed by atoms with Gasteiger partial charge in [0.05, 0.1) is 33.0 Å². The molecule has 0 unspecified atom stereocenters. The molecule has 1 aromatic carbocycles. The average Bonchev–Trinajstić information content (AvgIpc) is 2.22. The molecule has 1 aromatic rings. The Balaban J connectivity index is 1.51. The minimum absolute atomic E-state index is 0.297. The molecular formula is C12H16O3. The molecule has 82 valence electrons. The molecule has 1 fully saturated rings. The zero-order valence-corrected chi connectivity index (χ0v) is 8.72. The normalized spacial score (nSPS) is 16.3. The summed E-state index contributed by atoms with van der Waals surface area (Å²) < 4.78 is 15.9.